The van der Waals surface area contributed by atoms with Gasteiger partial charge >= 0.3 is 0 Å². The van der Waals surface area contributed by atoms with Gasteiger partial charge in [-0.1, -0.05) is 11.6 Å². The van der Waals surface area contributed by atoms with Crippen LogP contribution in [0.3, 0.4) is 0 Å². The first-order chi connectivity index (χ1) is 12.9. The lowest BCUT2D eigenvalue weighted by molar-refractivity contribution is -0.122. The van der Waals surface area contributed by atoms with Crippen molar-refractivity contribution in [2.75, 3.05) is 18.4 Å². The molecule has 1 N–H and O–H groups in total. The monoisotopic (exact) mass is 406 g/mol. The molecule has 2 aliphatic heterocycles. The largest absolute Gasteiger partial charge is 0.480 e. The SMILES string of the molecule is O=C(Nc1ccc(S(=O)(=O)N2CCCC2)cc1)[C@H]1Cc2cc(Cl)ccc2O1. The summed E-state index contributed by atoms with van der Waals surface area (Å²) in [5.74, 6) is 0.379. The zero-order valence-electron chi connectivity index (χ0n) is 14.5. The van der Waals surface area contributed by atoms with Crippen molar-refractivity contribution in [1.29, 1.82) is 0 Å². The Balaban J connectivity index is 1.42. The molecule has 142 valence electrons. The third-order valence-corrected chi connectivity index (χ3v) is 6.96. The zero-order chi connectivity index (χ0) is 19.0. The molecular weight excluding hydrogens is 388 g/mol. The first-order valence-corrected chi connectivity index (χ1v) is 10.6. The Morgan fingerprint density at radius 2 is 1.81 bits per heavy atom. The van der Waals surface area contributed by atoms with E-state index in [1.165, 1.54) is 16.4 Å². The molecule has 2 aromatic carbocycles. The first-order valence-electron chi connectivity index (χ1n) is 8.80. The minimum Gasteiger partial charge on any atom is -0.480 e. The third kappa shape index (κ3) is 3.67. The number of anilines is 1. The molecule has 0 aliphatic carbocycles. The minimum absolute atomic E-state index is 0.238. The summed E-state index contributed by atoms with van der Waals surface area (Å²) in [4.78, 5) is 12.7. The molecule has 8 heteroatoms. The molecule has 2 aromatic rings. The number of carbonyl (C=O) groups excluding carboxylic acids is 1. The fourth-order valence-electron chi connectivity index (χ4n) is 3.37. The molecule has 6 nitrogen and oxygen atoms in total. The summed E-state index contributed by atoms with van der Waals surface area (Å²) in [6.07, 6.45) is 1.60. The number of rotatable bonds is 4. The standard InChI is InChI=1S/C19H19ClN2O4S/c20-14-3-8-17-13(11-14)12-18(26-17)19(23)21-15-4-6-16(7-5-15)27(24,25)22-9-1-2-10-22/h3-8,11,18H,1-2,9-10,12H2,(H,21,23)/t18-/m1/s1. The van der Waals surface area contributed by atoms with Gasteiger partial charge in [-0.25, -0.2) is 8.42 Å². The maximum Gasteiger partial charge on any atom is 0.265 e. The van der Waals surface area contributed by atoms with Crippen LogP contribution in [0.4, 0.5) is 5.69 Å². The topological polar surface area (TPSA) is 75.7 Å². The highest BCUT2D eigenvalue weighted by atomic mass is 35.5. The maximum atomic E-state index is 12.5. The van der Waals surface area contributed by atoms with Crippen LogP contribution in [-0.4, -0.2) is 37.8 Å². The molecule has 0 aromatic heterocycles. The molecule has 1 atom stereocenters. The van der Waals surface area contributed by atoms with E-state index < -0.39 is 16.1 Å². The van der Waals surface area contributed by atoms with Crippen LogP contribution in [0, 0.1) is 0 Å². The van der Waals surface area contributed by atoms with E-state index in [-0.39, 0.29) is 10.8 Å². The van der Waals surface area contributed by atoms with E-state index in [4.69, 9.17) is 16.3 Å². The smallest absolute Gasteiger partial charge is 0.265 e. The van der Waals surface area contributed by atoms with Crippen LogP contribution in [0.25, 0.3) is 0 Å². The Morgan fingerprint density at radius 1 is 1.11 bits per heavy atom. The number of hydrogen-bond acceptors (Lipinski definition) is 4. The van der Waals surface area contributed by atoms with Crippen LogP contribution in [0.5, 0.6) is 5.75 Å². The van der Waals surface area contributed by atoms with E-state index in [1.54, 1.807) is 30.3 Å². The molecule has 1 amide bonds. The molecule has 1 fully saturated rings. The second kappa shape index (κ2) is 7.14. The highest BCUT2D eigenvalue weighted by molar-refractivity contribution is 7.89. The van der Waals surface area contributed by atoms with Gasteiger partial charge in [0, 0.05) is 30.2 Å². The number of fused-ring (bicyclic) bond motifs is 1. The normalized spacial score (nSPS) is 19.5. The van der Waals surface area contributed by atoms with E-state index in [2.05, 4.69) is 5.32 Å². The van der Waals surface area contributed by atoms with E-state index in [9.17, 15) is 13.2 Å². The van der Waals surface area contributed by atoms with Gasteiger partial charge in [-0.15, -0.1) is 0 Å². The second-order valence-electron chi connectivity index (χ2n) is 6.69. The second-order valence-corrected chi connectivity index (χ2v) is 9.06. The van der Waals surface area contributed by atoms with E-state index in [1.807, 2.05) is 0 Å². The predicted molar refractivity (Wildman–Crippen MR) is 103 cm³/mol. The Bertz CT molecular complexity index is 970. The van der Waals surface area contributed by atoms with Gasteiger partial charge in [0.2, 0.25) is 10.0 Å². The Labute approximate surface area is 163 Å². The van der Waals surface area contributed by atoms with Gasteiger partial charge < -0.3 is 10.1 Å². The Kier molecular flexibility index (Phi) is 4.84. The fraction of sp³-hybridized carbons (Fsp3) is 0.316. The summed E-state index contributed by atoms with van der Waals surface area (Å²) < 4.78 is 32.2. The van der Waals surface area contributed by atoms with Gasteiger partial charge in [0.25, 0.3) is 5.91 Å². The van der Waals surface area contributed by atoms with E-state index in [0.29, 0.717) is 36.0 Å². The van der Waals surface area contributed by atoms with Crippen molar-refractivity contribution in [3.05, 3.63) is 53.1 Å². The van der Waals surface area contributed by atoms with Crippen LogP contribution in [0.15, 0.2) is 47.4 Å². The summed E-state index contributed by atoms with van der Waals surface area (Å²) in [6, 6.07) is 11.5. The number of halogens is 1. The average Bonchev–Trinajstić information content (AvgIpc) is 3.32. The van der Waals surface area contributed by atoms with Gasteiger partial charge in [-0.2, -0.15) is 4.31 Å². The predicted octanol–water partition coefficient (Wildman–Crippen LogP) is 3.07. The van der Waals surface area contributed by atoms with E-state index in [0.717, 1.165) is 18.4 Å². The lowest BCUT2D eigenvalue weighted by atomic mass is 10.1. The molecule has 2 heterocycles. The molecule has 0 spiro atoms. The minimum atomic E-state index is -3.46. The van der Waals surface area contributed by atoms with Crippen LogP contribution in [-0.2, 0) is 21.2 Å². The number of ether oxygens (including phenoxy) is 1. The number of hydrogen-bond donors (Lipinski definition) is 1. The van der Waals surface area contributed by atoms with Gasteiger partial charge in [-0.3, -0.25) is 4.79 Å². The fourth-order valence-corrected chi connectivity index (χ4v) is 5.09. The van der Waals surface area contributed by atoms with Crippen molar-refractivity contribution in [2.24, 2.45) is 0 Å². The molecule has 0 saturated carbocycles. The average molecular weight is 407 g/mol. The number of sulfonamides is 1. The lowest BCUT2D eigenvalue weighted by Gasteiger charge is -2.16. The highest BCUT2D eigenvalue weighted by Gasteiger charge is 2.30. The summed E-state index contributed by atoms with van der Waals surface area (Å²) in [6.45, 7) is 1.12. The van der Waals surface area contributed by atoms with Crippen LogP contribution < -0.4 is 10.1 Å². The van der Waals surface area contributed by atoms with Crippen molar-refractivity contribution in [1.82, 2.24) is 4.31 Å². The summed E-state index contributed by atoms with van der Waals surface area (Å²) in [7, 11) is -3.46. The summed E-state index contributed by atoms with van der Waals surface area (Å²) in [5.41, 5.74) is 1.42. The Hall–Kier alpha value is -2.09. The van der Waals surface area contributed by atoms with Gasteiger partial charge in [-0.05, 0) is 60.9 Å². The van der Waals surface area contributed by atoms with Crippen LogP contribution in [0.1, 0.15) is 18.4 Å². The molecule has 0 radical (unpaired) electrons. The number of nitrogens with one attached hydrogen (secondary N) is 1. The quantitative estimate of drug-likeness (QED) is 0.846. The highest BCUT2D eigenvalue weighted by Crippen LogP contribution is 2.31. The summed E-state index contributed by atoms with van der Waals surface area (Å²) in [5, 5.41) is 3.38. The molecule has 0 unspecified atom stereocenters. The van der Waals surface area contributed by atoms with Gasteiger partial charge in [0.1, 0.15) is 5.75 Å². The molecule has 1 saturated heterocycles. The zero-order valence-corrected chi connectivity index (χ0v) is 16.1. The Morgan fingerprint density at radius 3 is 2.52 bits per heavy atom. The third-order valence-electron chi connectivity index (χ3n) is 4.81. The molecule has 27 heavy (non-hydrogen) atoms. The number of carbonyl (C=O) groups is 1. The van der Waals surface area contributed by atoms with Crippen molar-refractivity contribution in [3.8, 4) is 5.75 Å². The number of amides is 1. The number of nitrogens with zero attached hydrogens (tertiary/aromatic N) is 1. The van der Waals surface area contributed by atoms with Crippen molar-refractivity contribution in [3.63, 3.8) is 0 Å². The summed E-state index contributed by atoms with van der Waals surface area (Å²) >= 11 is 5.97. The molecular formula is C19H19ClN2O4S. The molecule has 4 rings (SSSR count). The van der Waals surface area contributed by atoms with Gasteiger partial charge in [0.05, 0.1) is 4.90 Å². The van der Waals surface area contributed by atoms with Crippen LogP contribution in [0.2, 0.25) is 5.02 Å². The van der Waals surface area contributed by atoms with Crippen LogP contribution >= 0.6 is 11.6 Å². The maximum absolute atomic E-state index is 12.5. The lowest BCUT2D eigenvalue weighted by Crippen LogP contribution is -2.31. The molecule has 2 aliphatic rings. The first kappa shape index (κ1) is 18.3. The van der Waals surface area contributed by atoms with Crippen molar-refractivity contribution >= 4 is 33.2 Å². The van der Waals surface area contributed by atoms with Crippen molar-refractivity contribution < 1.29 is 17.9 Å². The van der Waals surface area contributed by atoms with Gasteiger partial charge in [0.15, 0.2) is 6.10 Å². The number of benzene rings is 2. The molecule has 0 bridgehead atoms. The van der Waals surface area contributed by atoms with Crippen molar-refractivity contribution in [2.45, 2.75) is 30.3 Å². The van der Waals surface area contributed by atoms with E-state index >= 15 is 0 Å².